The van der Waals surface area contributed by atoms with E-state index >= 15 is 0 Å². The van der Waals surface area contributed by atoms with Gasteiger partial charge in [-0.1, -0.05) is 24.3 Å². The van der Waals surface area contributed by atoms with E-state index in [4.69, 9.17) is 19.7 Å². The van der Waals surface area contributed by atoms with E-state index in [1.54, 1.807) is 24.3 Å². The lowest BCUT2D eigenvalue weighted by atomic mass is 10.1. The van der Waals surface area contributed by atoms with Crippen molar-refractivity contribution in [2.24, 2.45) is 0 Å². The Bertz CT molecular complexity index is 436. The highest BCUT2D eigenvalue weighted by Gasteiger charge is 2.05. The van der Waals surface area contributed by atoms with Crippen molar-refractivity contribution in [1.29, 1.82) is 0 Å². The van der Waals surface area contributed by atoms with Crippen molar-refractivity contribution in [3.63, 3.8) is 0 Å². The summed E-state index contributed by atoms with van der Waals surface area (Å²) < 4.78 is 10.2. The lowest BCUT2D eigenvalue weighted by Crippen LogP contribution is -1.97. The van der Waals surface area contributed by atoms with E-state index in [0.29, 0.717) is 11.5 Å². The van der Waals surface area contributed by atoms with Crippen LogP contribution in [0.5, 0.6) is 11.5 Å². The summed E-state index contributed by atoms with van der Waals surface area (Å²) in [6.07, 6.45) is 0. The van der Waals surface area contributed by atoms with Gasteiger partial charge in [0.05, 0.1) is 0 Å². The maximum atomic E-state index is 8.76. The summed E-state index contributed by atoms with van der Waals surface area (Å²) in [5.74, 6) is 1.17. The first-order chi connectivity index (χ1) is 7.86. The molecule has 4 heteroatoms. The van der Waals surface area contributed by atoms with Gasteiger partial charge in [0.15, 0.2) is 13.6 Å². The molecule has 2 N–H and O–H groups in total. The largest absolute Gasteiger partial charge is 0.467 e. The third kappa shape index (κ3) is 1.93. The third-order valence-electron chi connectivity index (χ3n) is 2.28. The smallest absolute Gasteiger partial charge is 0.186 e. The molecular formula is C12H12O4. The Kier molecular flexibility index (Phi) is 3.24. The van der Waals surface area contributed by atoms with Gasteiger partial charge in [-0.25, -0.2) is 0 Å². The average molecular weight is 220 g/mol. The molecule has 0 fully saturated rings. The van der Waals surface area contributed by atoms with Gasteiger partial charge in [0.25, 0.3) is 0 Å². The average Bonchev–Trinajstić information content (AvgIpc) is 2.31. The summed E-state index contributed by atoms with van der Waals surface area (Å²) in [5, 5.41) is 19.2. The molecule has 0 amide bonds. The Morgan fingerprint density at radius 3 is 1.56 bits per heavy atom. The van der Waals surface area contributed by atoms with Crippen LogP contribution >= 0.6 is 0 Å². The van der Waals surface area contributed by atoms with Gasteiger partial charge < -0.3 is 19.7 Å². The van der Waals surface area contributed by atoms with E-state index in [1.165, 1.54) is 0 Å². The van der Waals surface area contributed by atoms with Crippen LogP contribution in [0.3, 0.4) is 0 Å². The standard InChI is InChI=1S/C12H12O4/c13-7-15-11-5-1-3-9-10(11)4-2-6-12(9)16-8-14/h1-6,13-14H,7-8H2. The maximum Gasteiger partial charge on any atom is 0.186 e. The van der Waals surface area contributed by atoms with Crippen molar-refractivity contribution in [2.45, 2.75) is 0 Å². The van der Waals surface area contributed by atoms with Crippen molar-refractivity contribution >= 4 is 10.8 Å². The molecule has 0 aromatic heterocycles. The normalized spacial score (nSPS) is 10.4. The SMILES string of the molecule is OCOc1cccc2c(OCO)cccc12. The van der Waals surface area contributed by atoms with Crippen molar-refractivity contribution < 1.29 is 19.7 Å². The minimum absolute atomic E-state index is 0.371. The van der Waals surface area contributed by atoms with Gasteiger partial charge in [-0.3, -0.25) is 0 Å². The second kappa shape index (κ2) is 4.83. The van der Waals surface area contributed by atoms with Gasteiger partial charge in [-0.2, -0.15) is 0 Å². The zero-order chi connectivity index (χ0) is 11.4. The number of ether oxygens (including phenoxy) is 2. The number of fused-ring (bicyclic) bond motifs is 1. The van der Waals surface area contributed by atoms with Crippen LogP contribution in [-0.4, -0.2) is 23.8 Å². The van der Waals surface area contributed by atoms with E-state index in [1.807, 2.05) is 12.1 Å². The number of benzene rings is 2. The van der Waals surface area contributed by atoms with E-state index in [2.05, 4.69) is 0 Å². The van der Waals surface area contributed by atoms with Crippen molar-refractivity contribution in [1.82, 2.24) is 0 Å². The number of rotatable bonds is 4. The highest BCUT2D eigenvalue weighted by molar-refractivity contribution is 5.93. The first-order valence-corrected chi connectivity index (χ1v) is 4.86. The van der Waals surface area contributed by atoms with Crippen LogP contribution in [0.2, 0.25) is 0 Å². The molecule has 0 unspecified atom stereocenters. The van der Waals surface area contributed by atoms with E-state index in [-0.39, 0.29) is 13.6 Å². The molecule has 16 heavy (non-hydrogen) atoms. The Labute approximate surface area is 92.7 Å². The van der Waals surface area contributed by atoms with Crippen LogP contribution in [0.4, 0.5) is 0 Å². The Balaban J connectivity index is 2.57. The van der Waals surface area contributed by atoms with E-state index in [9.17, 15) is 0 Å². The molecule has 0 aliphatic rings. The zero-order valence-electron chi connectivity index (χ0n) is 8.59. The topological polar surface area (TPSA) is 58.9 Å². The summed E-state index contributed by atoms with van der Waals surface area (Å²) in [7, 11) is 0. The monoisotopic (exact) mass is 220 g/mol. The molecule has 2 aromatic rings. The Morgan fingerprint density at radius 1 is 0.750 bits per heavy atom. The van der Waals surface area contributed by atoms with Crippen molar-refractivity contribution in [2.75, 3.05) is 13.6 Å². The van der Waals surface area contributed by atoms with Gasteiger partial charge in [0, 0.05) is 10.8 Å². The fraction of sp³-hybridized carbons (Fsp3) is 0.167. The molecule has 0 saturated heterocycles. The molecule has 0 bridgehead atoms. The molecule has 2 aromatic carbocycles. The first-order valence-electron chi connectivity index (χ1n) is 4.86. The predicted octanol–water partition coefficient (Wildman–Crippen LogP) is 1.50. The molecule has 0 aliphatic heterocycles. The second-order valence-corrected chi connectivity index (χ2v) is 3.15. The minimum Gasteiger partial charge on any atom is -0.467 e. The quantitative estimate of drug-likeness (QED) is 0.766. The van der Waals surface area contributed by atoms with Crippen LogP contribution in [0.15, 0.2) is 36.4 Å². The molecule has 2 rings (SSSR count). The molecule has 84 valence electrons. The molecule has 0 heterocycles. The van der Waals surface area contributed by atoms with Gasteiger partial charge in [-0.05, 0) is 12.1 Å². The molecular weight excluding hydrogens is 208 g/mol. The van der Waals surface area contributed by atoms with Crippen molar-refractivity contribution in [3.05, 3.63) is 36.4 Å². The maximum absolute atomic E-state index is 8.76. The number of aliphatic hydroxyl groups is 2. The molecule has 0 atom stereocenters. The lowest BCUT2D eigenvalue weighted by Gasteiger charge is -2.10. The fourth-order valence-corrected chi connectivity index (χ4v) is 1.64. The molecule has 0 spiro atoms. The fourth-order valence-electron chi connectivity index (χ4n) is 1.64. The van der Waals surface area contributed by atoms with E-state index in [0.717, 1.165) is 10.8 Å². The molecule has 0 radical (unpaired) electrons. The van der Waals surface area contributed by atoms with Crippen molar-refractivity contribution in [3.8, 4) is 11.5 Å². The summed E-state index contributed by atoms with van der Waals surface area (Å²) >= 11 is 0. The van der Waals surface area contributed by atoms with E-state index < -0.39 is 0 Å². The summed E-state index contributed by atoms with van der Waals surface area (Å²) in [6, 6.07) is 10.9. The van der Waals surface area contributed by atoms with Gasteiger partial charge >= 0.3 is 0 Å². The first kappa shape index (κ1) is 10.7. The molecule has 4 nitrogen and oxygen atoms in total. The van der Waals surface area contributed by atoms with Gasteiger partial charge in [0.2, 0.25) is 0 Å². The number of hydrogen-bond acceptors (Lipinski definition) is 4. The van der Waals surface area contributed by atoms with Gasteiger partial charge in [0.1, 0.15) is 11.5 Å². The minimum atomic E-state index is -0.371. The van der Waals surface area contributed by atoms with Crippen LogP contribution in [0.1, 0.15) is 0 Å². The van der Waals surface area contributed by atoms with Crippen LogP contribution in [-0.2, 0) is 0 Å². The third-order valence-corrected chi connectivity index (χ3v) is 2.28. The zero-order valence-corrected chi connectivity index (χ0v) is 8.59. The predicted molar refractivity (Wildman–Crippen MR) is 59.4 cm³/mol. The summed E-state index contributed by atoms with van der Waals surface area (Å²) in [4.78, 5) is 0. The summed E-state index contributed by atoms with van der Waals surface area (Å²) in [5.41, 5.74) is 0. The van der Waals surface area contributed by atoms with Crippen LogP contribution in [0, 0.1) is 0 Å². The van der Waals surface area contributed by atoms with Crippen LogP contribution in [0.25, 0.3) is 10.8 Å². The molecule has 0 aliphatic carbocycles. The second-order valence-electron chi connectivity index (χ2n) is 3.15. The Morgan fingerprint density at radius 2 is 1.19 bits per heavy atom. The lowest BCUT2D eigenvalue weighted by molar-refractivity contribution is 0.0983. The van der Waals surface area contributed by atoms with Gasteiger partial charge in [-0.15, -0.1) is 0 Å². The highest BCUT2D eigenvalue weighted by Crippen LogP contribution is 2.31. The number of hydrogen-bond donors (Lipinski definition) is 2. The summed E-state index contributed by atoms with van der Waals surface area (Å²) in [6.45, 7) is -0.742. The van der Waals surface area contributed by atoms with Crippen LogP contribution < -0.4 is 9.47 Å². The highest BCUT2D eigenvalue weighted by atomic mass is 16.6. The molecule has 0 saturated carbocycles. The number of aliphatic hydroxyl groups excluding tert-OH is 2. The Hall–Kier alpha value is -1.78.